The number of rotatable bonds is 5. The summed E-state index contributed by atoms with van der Waals surface area (Å²) in [5, 5.41) is 3.47. The molecule has 3 nitrogen and oxygen atoms in total. The molecular formula is C15H23NO2S. The maximum atomic E-state index is 5.41. The van der Waals surface area contributed by atoms with Crippen molar-refractivity contribution in [3.63, 3.8) is 0 Å². The third-order valence-electron chi connectivity index (χ3n) is 3.89. The van der Waals surface area contributed by atoms with E-state index in [9.17, 15) is 0 Å². The van der Waals surface area contributed by atoms with E-state index in [1.165, 1.54) is 24.2 Å². The highest BCUT2D eigenvalue weighted by Gasteiger charge is 2.38. The largest absolute Gasteiger partial charge is 0.493 e. The Bertz CT molecular complexity index is 430. The summed E-state index contributed by atoms with van der Waals surface area (Å²) in [5.41, 5.74) is 1.26. The van der Waals surface area contributed by atoms with Crippen LogP contribution in [0.3, 0.4) is 0 Å². The van der Waals surface area contributed by atoms with Gasteiger partial charge in [-0.25, -0.2) is 0 Å². The highest BCUT2D eigenvalue weighted by atomic mass is 32.2. The van der Waals surface area contributed by atoms with Crippen molar-refractivity contribution in [3.8, 4) is 11.5 Å². The van der Waals surface area contributed by atoms with Crippen LogP contribution in [-0.2, 0) is 0 Å². The van der Waals surface area contributed by atoms with E-state index in [0.29, 0.717) is 6.04 Å². The summed E-state index contributed by atoms with van der Waals surface area (Å²) in [6, 6.07) is 6.54. The molecular weight excluding hydrogens is 258 g/mol. The summed E-state index contributed by atoms with van der Waals surface area (Å²) in [6.07, 6.45) is 2.55. The minimum Gasteiger partial charge on any atom is -0.493 e. The number of thioether (sulfide) groups is 1. The minimum absolute atomic E-state index is 0.258. The molecule has 0 saturated carbocycles. The van der Waals surface area contributed by atoms with Gasteiger partial charge in [0.05, 0.1) is 14.2 Å². The van der Waals surface area contributed by atoms with Gasteiger partial charge in [0.1, 0.15) is 0 Å². The Morgan fingerprint density at radius 2 is 2.00 bits per heavy atom. The molecule has 1 aliphatic heterocycles. The first-order valence-electron chi connectivity index (χ1n) is 6.68. The zero-order valence-corrected chi connectivity index (χ0v) is 13.0. The van der Waals surface area contributed by atoms with E-state index in [0.717, 1.165) is 11.5 Å². The predicted molar refractivity (Wildman–Crippen MR) is 81.4 cm³/mol. The van der Waals surface area contributed by atoms with Crippen molar-refractivity contribution in [3.05, 3.63) is 23.8 Å². The van der Waals surface area contributed by atoms with Crippen LogP contribution in [0.2, 0.25) is 0 Å². The zero-order chi connectivity index (χ0) is 13.9. The van der Waals surface area contributed by atoms with Gasteiger partial charge in [0.25, 0.3) is 0 Å². The predicted octanol–water partition coefficient (Wildman–Crippen LogP) is 3.25. The average molecular weight is 281 g/mol. The summed E-state index contributed by atoms with van der Waals surface area (Å²) in [7, 11) is 5.38. The second kappa shape index (κ2) is 6.06. The summed E-state index contributed by atoms with van der Waals surface area (Å²) < 4.78 is 11.0. The van der Waals surface area contributed by atoms with Crippen LogP contribution in [0.15, 0.2) is 18.2 Å². The van der Waals surface area contributed by atoms with E-state index in [1.807, 2.05) is 13.1 Å². The van der Waals surface area contributed by atoms with Crippen molar-refractivity contribution in [2.45, 2.75) is 30.6 Å². The molecule has 0 aliphatic carbocycles. The lowest BCUT2D eigenvalue weighted by atomic mass is 9.90. The third-order valence-corrected chi connectivity index (χ3v) is 5.48. The van der Waals surface area contributed by atoms with Gasteiger partial charge in [-0.3, -0.25) is 0 Å². The van der Waals surface area contributed by atoms with E-state index in [2.05, 4.69) is 36.1 Å². The van der Waals surface area contributed by atoms with Gasteiger partial charge in [0.15, 0.2) is 11.5 Å². The van der Waals surface area contributed by atoms with Crippen LogP contribution in [-0.4, -0.2) is 31.8 Å². The fourth-order valence-corrected chi connectivity index (χ4v) is 4.35. The summed E-state index contributed by atoms with van der Waals surface area (Å²) >= 11 is 2.06. The Morgan fingerprint density at radius 1 is 1.26 bits per heavy atom. The first kappa shape index (κ1) is 14.5. The van der Waals surface area contributed by atoms with Gasteiger partial charge < -0.3 is 14.8 Å². The van der Waals surface area contributed by atoms with Crippen LogP contribution in [0.25, 0.3) is 0 Å². The number of hydrogen-bond acceptors (Lipinski definition) is 4. The monoisotopic (exact) mass is 281 g/mol. The Labute approximate surface area is 120 Å². The van der Waals surface area contributed by atoms with Gasteiger partial charge in [-0.05, 0) is 50.3 Å². The molecule has 2 rings (SSSR count). The van der Waals surface area contributed by atoms with E-state index in [-0.39, 0.29) is 4.75 Å². The molecule has 1 saturated heterocycles. The van der Waals surface area contributed by atoms with Crippen molar-refractivity contribution in [1.82, 2.24) is 5.32 Å². The second-order valence-corrected chi connectivity index (χ2v) is 6.73. The average Bonchev–Trinajstić information content (AvgIpc) is 2.86. The molecule has 2 unspecified atom stereocenters. The van der Waals surface area contributed by atoms with Crippen LogP contribution in [0.5, 0.6) is 11.5 Å². The molecule has 19 heavy (non-hydrogen) atoms. The van der Waals surface area contributed by atoms with Crippen LogP contribution in [0, 0.1) is 0 Å². The lowest BCUT2D eigenvalue weighted by molar-refractivity contribution is 0.352. The van der Waals surface area contributed by atoms with Crippen molar-refractivity contribution in [1.29, 1.82) is 0 Å². The quantitative estimate of drug-likeness (QED) is 0.897. The normalized spacial score (nSPS) is 24.2. The van der Waals surface area contributed by atoms with Crippen LogP contribution >= 0.6 is 11.8 Å². The van der Waals surface area contributed by atoms with Crippen LogP contribution in [0.4, 0.5) is 0 Å². The first-order valence-corrected chi connectivity index (χ1v) is 7.66. The van der Waals surface area contributed by atoms with E-state index >= 15 is 0 Å². The standard InChI is InChI=1S/C15H23NO2S/c1-15(8-5-9-19-15)14(16-2)11-6-7-12(17-3)13(10-11)18-4/h6-7,10,14,16H,5,8-9H2,1-4H3. The third kappa shape index (κ3) is 2.84. The molecule has 0 bridgehead atoms. The molecule has 1 aliphatic rings. The number of hydrogen-bond donors (Lipinski definition) is 1. The molecule has 1 aromatic rings. The van der Waals surface area contributed by atoms with Gasteiger partial charge in [0.2, 0.25) is 0 Å². The Balaban J connectivity index is 2.33. The van der Waals surface area contributed by atoms with Crippen molar-refractivity contribution in [2.24, 2.45) is 0 Å². The number of benzene rings is 1. The molecule has 0 aromatic heterocycles. The number of nitrogens with one attached hydrogen (secondary N) is 1. The lowest BCUT2D eigenvalue weighted by Crippen LogP contribution is -2.35. The Kier molecular flexibility index (Phi) is 4.63. The minimum atomic E-state index is 0.258. The molecule has 1 heterocycles. The summed E-state index contributed by atoms with van der Waals surface area (Å²) in [5.74, 6) is 2.83. The lowest BCUT2D eigenvalue weighted by Gasteiger charge is -2.33. The SMILES string of the molecule is CNC(c1ccc(OC)c(OC)c1)C1(C)CCCS1. The second-order valence-electron chi connectivity index (χ2n) is 5.10. The van der Waals surface area contributed by atoms with Crippen LogP contribution in [0.1, 0.15) is 31.4 Å². The number of methoxy groups -OCH3 is 2. The first-order chi connectivity index (χ1) is 9.14. The molecule has 1 N–H and O–H groups in total. The maximum Gasteiger partial charge on any atom is 0.161 e. The van der Waals surface area contributed by atoms with E-state index in [4.69, 9.17) is 9.47 Å². The molecule has 0 amide bonds. The van der Waals surface area contributed by atoms with Crippen molar-refractivity contribution in [2.75, 3.05) is 27.0 Å². The van der Waals surface area contributed by atoms with E-state index in [1.54, 1.807) is 14.2 Å². The van der Waals surface area contributed by atoms with Gasteiger partial charge in [-0.15, -0.1) is 0 Å². The highest BCUT2D eigenvalue weighted by molar-refractivity contribution is 8.00. The molecule has 4 heteroatoms. The van der Waals surface area contributed by atoms with Crippen LogP contribution < -0.4 is 14.8 Å². The molecule has 1 aromatic carbocycles. The highest BCUT2D eigenvalue weighted by Crippen LogP contribution is 2.47. The Hall–Kier alpha value is -0.870. The zero-order valence-electron chi connectivity index (χ0n) is 12.2. The van der Waals surface area contributed by atoms with Gasteiger partial charge >= 0.3 is 0 Å². The topological polar surface area (TPSA) is 30.5 Å². The molecule has 2 atom stereocenters. The maximum absolute atomic E-state index is 5.41. The summed E-state index contributed by atoms with van der Waals surface area (Å²) in [4.78, 5) is 0. The van der Waals surface area contributed by atoms with Crippen molar-refractivity contribution >= 4 is 11.8 Å². The molecule has 106 valence electrons. The fraction of sp³-hybridized carbons (Fsp3) is 0.600. The van der Waals surface area contributed by atoms with E-state index < -0.39 is 0 Å². The van der Waals surface area contributed by atoms with Gasteiger partial charge in [-0.1, -0.05) is 6.07 Å². The molecule has 0 spiro atoms. The van der Waals surface area contributed by atoms with Gasteiger partial charge in [0, 0.05) is 10.8 Å². The smallest absolute Gasteiger partial charge is 0.161 e. The Morgan fingerprint density at radius 3 is 2.53 bits per heavy atom. The number of ether oxygens (including phenoxy) is 2. The molecule has 0 radical (unpaired) electrons. The van der Waals surface area contributed by atoms with Crippen molar-refractivity contribution < 1.29 is 9.47 Å². The molecule has 1 fully saturated rings. The summed E-state index contributed by atoms with van der Waals surface area (Å²) in [6.45, 7) is 2.35. The van der Waals surface area contributed by atoms with Gasteiger partial charge in [-0.2, -0.15) is 11.8 Å². The fourth-order valence-electron chi connectivity index (χ4n) is 2.89.